The molecule has 0 radical (unpaired) electrons. The first-order valence-electron chi connectivity index (χ1n) is 30.0. The van der Waals surface area contributed by atoms with E-state index < -0.39 is 57.7 Å². The standard InChI is InChI=1S/2C19H19FN2O3.C19H20N2O3.C18H17ClN2O3/c2*1-12-5-7-15(10-16(12)20)25-11-19(3,24)18(23)22-14-6-8-17(21-4)13(2)9-14;1-13-5-8-16(9-6-13)24-12-19(3,23)18(22)21-15-7-10-17(20-4)14(2)11-15;1-12-4-7-14(8-5-12)24-11-18(2,23)17(22)21-13-6-9-16(20-3)15(19)10-13/h2*5-10,24H,11H2,1-3H3,(H,22,23);5-11,23H,12H2,1-3H3,(H,21,22);4-10,23H,11H2,1-2H3,(H,21,22)/t3*19-;18-/m0000/s1. The van der Waals surface area contributed by atoms with Crippen molar-refractivity contribution in [2.75, 3.05) is 47.7 Å². The van der Waals surface area contributed by atoms with Crippen molar-refractivity contribution in [1.29, 1.82) is 0 Å². The first kappa shape index (κ1) is 77.5. The van der Waals surface area contributed by atoms with E-state index >= 15 is 0 Å². The van der Waals surface area contributed by atoms with Crippen LogP contribution in [0.4, 0.5) is 54.3 Å². The molecule has 8 rings (SSSR count). The van der Waals surface area contributed by atoms with Crippen LogP contribution in [-0.4, -0.2) is 92.9 Å². The number of carbonyl (C=O) groups excluding carboxylic acids is 4. The van der Waals surface area contributed by atoms with Gasteiger partial charge in [-0.15, -0.1) is 0 Å². The lowest BCUT2D eigenvalue weighted by Crippen LogP contribution is -2.45. The number of ether oxygens (including phenoxy) is 4. The van der Waals surface area contributed by atoms with Crippen LogP contribution in [0.15, 0.2) is 158 Å². The summed E-state index contributed by atoms with van der Waals surface area (Å²) in [5.41, 5.74) is 2.00. The number of amides is 4. The van der Waals surface area contributed by atoms with Crippen molar-refractivity contribution in [1.82, 2.24) is 0 Å². The lowest BCUT2D eigenvalue weighted by atomic mass is 10.1. The van der Waals surface area contributed by atoms with E-state index in [2.05, 4.69) is 40.6 Å². The maximum atomic E-state index is 13.5. The summed E-state index contributed by atoms with van der Waals surface area (Å²) in [4.78, 5) is 62.4. The van der Waals surface area contributed by atoms with Crippen LogP contribution in [0.2, 0.25) is 5.02 Å². The van der Waals surface area contributed by atoms with Gasteiger partial charge in [0, 0.05) is 39.9 Å². The van der Waals surface area contributed by atoms with Gasteiger partial charge >= 0.3 is 0 Å². The minimum Gasteiger partial charge on any atom is -0.490 e. The molecule has 0 saturated carbocycles. The van der Waals surface area contributed by atoms with Crippen molar-refractivity contribution in [3.8, 4) is 23.0 Å². The first-order valence-corrected chi connectivity index (χ1v) is 30.4. The SMILES string of the molecule is [C-]#[N+]c1ccc(NC(=O)[C@@](C)(O)COc2ccc(C)c(F)c2)cc1C.[C-]#[N+]c1ccc(NC(=O)[C@@](C)(O)COc2ccc(C)c(F)c2)cc1C.[C-]#[N+]c1ccc(NC(=O)[C@@](C)(O)COc2ccc(C)cc2)cc1C.[C-]#[N+]c1ccc(NC(=O)[C@@](C)(O)COc2ccc(C)cc2)cc1Cl. The predicted molar refractivity (Wildman–Crippen MR) is 374 cm³/mol. The molecular weight excluding hydrogens is 1280 g/mol. The van der Waals surface area contributed by atoms with Gasteiger partial charge in [-0.1, -0.05) is 83.4 Å². The summed E-state index contributed by atoms with van der Waals surface area (Å²) in [7, 11) is 0. The van der Waals surface area contributed by atoms with Crippen molar-refractivity contribution in [2.45, 2.75) is 98.6 Å². The molecule has 4 amide bonds. The fourth-order valence-corrected chi connectivity index (χ4v) is 8.29. The van der Waals surface area contributed by atoms with Gasteiger partial charge in [0.05, 0.1) is 26.3 Å². The van der Waals surface area contributed by atoms with Crippen LogP contribution in [0.5, 0.6) is 23.0 Å². The third kappa shape index (κ3) is 23.6. The van der Waals surface area contributed by atoms with Crippen molar-refractivity contribution in [3.05, 3.63) is 259 Å². The van der Waals surface area contributed by atoms with E-state index in [9.17, 15) is 48.4 Å². The summed E-state index contributed by atoms with van der Waals surface area (Å²) >= 11 is 5.93. The normalized spacial score (nSPS) is 12.8. The Morgan fingerprint density at radius 2 is 0.612 bits per heavy atom. The van der Waals surface area contributed by atoms with Gasteiger partial charge < -0.3 is 60.6 Å². The van der Waals surface area contributed by atoms with Crippen LogP contribution >= 0.6 is 11.6 Å². The lowest BCUT2D eigenvalue weighted by Gasteiger charge is -2.23. The number of hydrogen-bond donors (Lipinski definition) is 8. The summed E-state index contributed by atoms with van der Waals surface area (Å²) in [5.74, 6) is -1.73. The zero-order chi connectivity index (χ0) is 72.7. The van der Waals surface area contributed by atoms with Crippen LogP contribution in [0.25, 0.3) is 19.4 Å². The van der Waals surface area contributed by atoms with E-state index in [4.69, 9.17) is 56.8 Å². The molecule has 0 spiro atoms. The highest BCUT2D eigenvalue weighted by molar-refractivity contribution is 6.33. The summed E-state index contributed by atoms with van der Waals surface area (Å²) in [5, 5.41) is 51.9. The molecule has 0 aliphatic carbocycles. The van der Waals surface area contributed by atoms with E-state index in [0.717, 1.165) is 27.8 Å². The maximum Gasteiger partial charge on any atom is 0.259 e. The summed E-state index contributed by atoms with van der Waals surface area (Å²) < 4.78 is 48.6. The Balaban J connectivity index is 0.000000236. The number of anilines is 4. The highest BCUT2D eigenvalue weighted by atomic mass is 35.5. The fraction of sp³-hybridized carbons (Fsp3) is 0.253. The molecule has 0 heterocycles. The Bertz CT molecular complexity index is 4070. The molecule has 0 aliphatic heterocycles. The third-order valence-corrected chi connectivity index (χ3v) is 14.7. The molecule has 0 bridgehead atoms. The topological polar surface area (TPSA) is 252 Å². The van der Waals surface area contributed by atoms with Gasteiger partial charge in [0.2, 0.25) is 5.69 Å². The average molecular weight is 1350 g/mol. The summed E-state index contributed by atoms with van der Waals surface area (Å²) in [6.07, 6.45) is 0. The van der Waals surface area contributed by atoms with Crippen LogP contribution < -0.4 is 40.2 Å². The molecule has 508 valence electrons. The van der Waals surface area contributed by atoms with Crippen molar-refractivity contribution < 1.29 is 67.3 Å². The molecule has 8 aromatic rings. The van der Waals surface area contributed by atoms with E-state index in [1.54, 1.807) is 144 Å². The molecule has 8 aromatic carbocycles. The van der Waals surface area contributed by atoms with Crippen molar-refractivity contribution in [3.63, 3.8) is 0 Å². The Morgan fingerprint density at radius 1 is 0.367 bits per heavy atom. The number of nitrogens with one attached hydrogen (secondary N) is 4. The zero-order valence-corrected chi connectivity index (χ0v) is 56.6. The van der Waals surface area contributed by atoms with Gasteiger partial charge in [-0.2, -0.15) is 0 Å². The second kappa shape index (κ2) is 35.0. The number of benzene rings is 8. The number of carbonyl (C=O) groups is 4. The number of hydrogen-bond acceptors (Lipinski definition) is 12. The zero-order valence-electron chi connectivity index (χ0n) is 55.8. The molecular formula is C75H75ClF2N8O12. The fourth-order valence-electron chi connectivity index (χ4n) is 8.07. The lowest BCUT2D eigenvalue weighted by molar-refractivity contribution is -0.135. The average Bonchev–Trinajstić information content (AvgIpc) is 0.861. The number of halogens is 3. The van der Waals surface area contributed by atoms with Crippen LogP contribution in [-0.2, 0) is 19.2 Å². The highest BCUT2D eigenvalue weighted by Crippen LogP contribution is 2.30. The maximum absolute atomic E-state index is 13.5. The molecule has 4 atom stereocenters. The Labute approximate surface area is 573 Å². The van der Waals surface area contributed by atoms with Gasteiger partial charge in [-0.25, -0.2) is 28.2 Å². The number of aryl methyl sites for hydroxylation is 7. The third-order valence-electron chi connectivity index (χ3n) is 14.4. The van der Waals surface area contributed by atoms with E-state index in [0.29, 0.717) is 68.1 Å². The van der Waals surface area contributed by atoms with Crippen molar-refractivity contribution in [2.24, 2.45) is 0 Å². The van der Waals surface area contributed by atoms with E-state index in [1.807, 2.05) is 38.1 Å². The van der Waals surface area contributed by atoms with E-state index in [1.165, 1.54) is 52.0 Å². The minimum atomic E-state index is -1.81. The molecule has 0 aliphatic rings. The molecule has 0 aromatic heterocycles. The second-order valence-electron chi connectivity index (χ2n) is 23.6. The molecule has 0 unspecified atom stereocenters. The van der Waals surface area contributed by atoms with Gasteiger partial charge in [0.15, 0.2) is 39.5 Å². The second-order valence-corrected chi connectivity index (χ2v) is 24.0. The Kier molecular flexibility index (Phi) is 27.7. The number of rotatable bonds is 20. The highest BCUT2D eigenvalue weighted by Gasteiger charge is 2.35. The van der Waals surface area contributed by atoms with Gasteiger partial charge in [-0.3, -0.25) is 19.2 Å². The Morgan fingerprint density at radius 3 is 0.857 bits per heavy atom. The van der Waals surface area contributed by atoms with Crippen LogP contribution in [0, 0.1) is 86.4 Å². The van der Waals surface area contributed by atoms with Crippen LogP contribution in [0.3, 0.4) is 0 Å². The minimum absolute atomic E-state index is 0.166. The largest absolute Gasteiger partial charge is 0.490 e. The number of nitrogens with zero attached hydrogens (tertiary/aromatic N) is 4. The van der Waals surface area contributed by atoms with Crippen molar-refractivity contribution >= 4 is 80.7 Å². The molecule has 98 heavy (non-hydrogen) atoms. The van der Waals surface area contributed by atoms with Crippen LogP contribution in [0.1, 0.15) is 66.6 Å². The molecule has 0 saturated heterocycles. The predicted octanol–water partition coefficient (Wildman–Crippen LogP) is 15.1. The summed E-state index contributed by atoms with van der Waals surface area (Å²) in [6, 6.07) is 42.5. The number of aliphatic hydroxyl groups is 4. The van der Waals surface area contributed by atoms with Gasteiger partial charge in [0.1, 0.15) is 61.1 Å². The van der Waals surface area contributed by atoms with E-state index in [-0.39, 0.29) is 42.9 Å². The smallest absolute Gasteiger partial charge is 0.259 e. The van der Waals surface area contributed by atoms with Gasteiger partial charge in [0.25, 0.3) is 23.6 Å². The first-order chi connectivity index (χ1) is 46.1. The monoisotopic (exact) mass is 1350 g/mol. The molecule has 8 N–H and O–H groups in total. The molecule has 23 heteroatoms. The summed E-state index contributed by atoms with van der Waals surface area (Å²) in [6.45, 7) is 44.9. The Hall–Kier alpha value is -11.2. The molecule has 0 fully saturated rings. The quantitative estimate of drug-likeness (QED) is 0.0332. The van der Waals surface area contributed by atoms with Gasteiger partial charge in [-0.05, 0) is 189 Å². The molecule has 20 nitrogen and oxygen atoms in total.